The second-order valence-corrected chi connectivity index (χ2v) is 5.81. The van der Waals surface area contributed by atoms with E-state index in [0.29, 0.717) is 16.3 Å². The molecule has 1 aliphatic heterocycles. The van der Waals surface area contributed by atoms with E-state index in [-0.39, 0.29) is 11.4 Å². The quantitative estimate of drug-likeness (QED) is 0.715. The number of nitrogens with one attached hydrogen (secondary N) is 3. The molecule has 1 aliphatic rings. The molecule has 2 atom stereocenters. The minimum Gasteiger partial charge on any atom is -0.468 e. The fourth-order valence-electron chi connectivity index (χ4n) is 2.93. The summed E-state index contributed by atoms with van der Waals surface area (Å²) in [6.07, 6.45) is 0. The number of H-pyrrole nitrogens is 2. The van der Waals surface area contributed by atoms with Gasteiger partial charge in [0.2, 0.25) is 0 Å². The number of ether oxygens (including phenoxy) is 1. The molecule has 1 aromatic heterocycles. The van der Waals surface area contributed by atoms with Crippen molar-refractivity contribution in [3.05, 3.63) is 73.5 Å². The highest BCUT2D eigenvalue weighted by Crippen LogP contribution is 2.41. The van der Waals surface area contributed by atoms with Crippen LogP contribution in [0.3, 0.4) is 0 Å². The SMILES string of the molecule is C=C1Nc2[nH]c(=O)[nH]c(=O)c2C(c2ccc(Cl)cc2)C1C(=O)OC. The molecule has 0 saturated carbocycles. The molecule has 24 heavy (non-hydrogen) atoms. The Morgan fingerprint density at radius 2 is 1.88 bits per heavy atom. The van der Waals surface area contributed by atoms with Crippen molar-refractivity contribution >= 4 is 23.4 Å². The average Bonchev–Trinajstić information content (AvgIpc) is 2.53. The molecule has 2 unspecified atom stereocenters. The van der Waals surface area contributed by atoms with Crippen LogP contribution in [0, 0.1) is 5.92 Å². The number of methoxy groups -OCH3 is 1. The molecular weight excluding hydrogens is 334 g/mol. The van der Waals surface area contributed by atoms with Crippen LogP contribution in [0.5, 0.6) is 0 Å². The van der Waals surface area contributed by atoms with E-state index >= 15 is 0 Å². The number of hydrogen-bond donors (Lipinski definition) is 3. The maximum atomic E-state index is 12.4. The lowest BCUT2D eigenvalue weighted by atomic mass is 9.77. The van der Waals surface area contributed by atoms with E-state index in [9.17, 15) is 14.4 Å². The second-order valence-electron chi connectivity index (χ2n) is 5.38. The summed E-state index contributed by atoms with van der Waals surface area (Å²) >= 11 is 5.92. The van der Waals surface area contributed by atoms with Crippen molar-refractivity contribution in [2.45, 2.75) is 5.92 Å². The maximum Gasteiger partial charge on any atom is 0.327 e. The Morgan fingerprint density at radius 1 is 1.21 bits per heavy atom. The van der Waals surface area contributed by atoms with Crippen LogP contribution in [0.1, 0.15) is 17.0 Å². The summed E-state index contributed by atoms with van der Waals surface area (Å²) in [4.78, 5) is 40.9. The Kier molecular flexibility index (Phi) is 4.02. The molecule has 1 aromatic carbocycles. The summed E-state index contributed by atoms with van der Waals surface area (Å²) in [6.45, 7) is 3.84. The highest BCUT2D eigenvalue weighted by atomic mass is 35.5. The first kappa shape index (κ1) is 16.1. The number of aromatic nitrogens is 2. The Balaban J connectivity index is 2.28. The molecule has 2 heterocycles. The number of rotatable bonds is 2. The van der Waals surface area contributed by atoms with Crippen LogP contribution in [0.15, 0.2) is 46.1 Å². The third kappa shape index (κ3) is 2.63. The molecule has 3 N–H and O–H groups in total. The van der Waals surface area contributed by atoms with Gasteiger partial charge in [-0.05, 0) is 17.7 Å². The van der Waals surface area contributed by atoms with Gasteiger partial charge in [0.15, 0.2) is 0 Å². The monoisotopic (exact) mass is 347 g/mol. The molecular formula is C16H14ClN3O4. The predicted octanol–water partition coefficient (Wildman–Crippen LogP) is 1.58. The summed E-state index contributed by atoms with van der Waals surface area (Å²) in [5.41, 5.74) is 0.0135. The van der Waals surface area contributed by atoms with Crippen LogP contribution in [0.4, 0.5) is 5.82 Å². The lowest BCUT2D eigenvalue weighted by Crippen LogP contribution is -2.39. The smallest absolute Gasteiger partial charge is 0.327 e. The lowest BCUT2D eigenvalue weighted by Gasteiger charge is -2.33. The minimum absolute atomic E-state index is 0.217. The summed E-state index contributed by atoms with van der Waals surface area (Å²) < 4.78 is 4.86. The van der Waals surface area contributed by atoms with Crippen molar-refractivity contribution in [3.63, 3.8) is 0 Å². The van der Waals surface area contributed by atoms with Crippen molar-refractivity contribution in [1.29, 1.82) is 0 Å². The van der Waals surface area contributed by atoms with Crippen LogP contribution >= 0.6 is 11.6 Å². The molecule has 0 amide bonds. The number of hydrogen-bond acceptors (Lipinski definition) is 5. The van der Waals surface area contributed by atoms with Gasteiger partial charge >= 0.3 is 11.7 Å². The van der Waals surface area contributed by atoms with Gasteiger partial charge in [0.25, 0.3) is 5.56 Å². The average molecular weight is 348 g/mol. The number of esters is 1. The molecule has 2 aromatic rings. The van der Waals surface area contributed by atoms with Gasteiger partial charge in [-0.2, -0.15) is 0 Å². The van der Waals surface area contributed by atoms with Gasteiger partial charge in [0.05, 0.1) is 12.7 Å². The van der Waals surface area contributed by atoms with E-state index in [2.05, 4.69) is 21.9 Å². The number of aromatic amines is 2. The number of fused-ring (bicyclic) bond motifs is 1. The summed E-state index contributed by atoms with van der Waals surface area (Å²) in [7, 11) is 1.27. The first-order valence-electron chi connectivity index (χ1n) is 7.08. The molecule has 7 nitrogen and oxygen atoms in total. The van der Waals surface area contributed by atoms with Crippen molar-refractivity contribution in [2.75, 3.05) is 12.4 Å². The van der Waals surface area contributed by atoms with Crippen molar-refractivity contribution < 1.29 is 9.53 Å². The van der Waals surface area contributed by atoms with Crippen LogP contribution in [-0.2, 0) is 9.53 Å². The number of halogens is 1. The van der Waals surface area contributed by atoms with E-state index in [4.69, 9.17) is 16.3 Å². The van der Waals surface area contributed by atoms with E-state index in [0.717, 1.165) is 0 Å². The Hall–Kier alpha value is -2.80. The number of benzene rings is 1. The lowest BCUT2D eigenvalue weighted by molar-refractivity contribution is -0.144. The summed E-state index contributed by atoms with van der Waals surface area (Å²) in [5, 5.41) is 3.35. The van der Waals surface area contributed by atoms with Crippen LogP contribution in [-0.4, -0.2) is 23.0 Å². The fraction of sp³-hybridized carbons (Fsp3) is 0.188. The standard InChI is InChI=1S/C16H14ClN3O4/c1-7-10(15(22)24-2)11(8-3-5-9(17)6-4-8)12-13(18-7)19-16(23)20-14(12)21/h3-6,10-11H,1H2,2H3,(H3,18,19,20,21,23). The van der Waals surface area contributed by atoms with Gasteiger partial charge in [-0.15, -0.1) is 0 Å². The maximum absolute atomic E-state index is 12.4. The van der Waals surface area contributed by atoms with Gasteiger partial charge in [-0.1, -0.05) is 30.3 Å². The molecule has 0 spiro atoms. The van der Waals surface area contributed by atoms with Gasteiger partial charge < -0.3 is 10.1 Å². The Morgan fingerprint density at radius 3 is 2.50 bits per heavy atom. The van der Waals surface area contributed by atoms with Crippen molar-refractivity contribution in [1.82, 2.24) is 9.97 Å². The second kappa shape index (κ2) is 6.01. The zero-order valence-electron chi connectivity index (χ0n) is 12.7. The molecule has 0 fully saturated rings. The molecule has 0 saturated heterocycles. The molecule has 124 valence electrons. The third-order valence-corrected chi connectivity index (χ3v) is 4.22. The van der Waals surface area contributed by atoms with E-state index in [1.54, 1.807) is 24.3 Å². The molecule has 8 heteroatoms. The number of carbonyl (C=O) groups excluding carboxylic acids is 1. The fourth-order valence-corrected chi connectivity index (χ4v) is 3.06. The van der Waals surface area contributed by atoms with E-state index in [1.165, 1.54) is 7.11 Å². The molecule has 0 radical (unpaired) electrons. The molecule has 0 aliphatic carbocycles. The summed E-state index contributed by atoms with van der Waals surface area (Å²) in [6, 6.07) is 6.76. The Bertz CT molecular complexity index is 930. The minimum atomic E-state index is -0.823. The topological polar surface area (TPSA) is 104 Å². The number of anilines is 1. The van der Waals surface area contributed by atoms with Gasteiger partial charge in [-0.25, -0.2) is 4.79 Å². The molecule has 3 rings (SSSR count). The largest absolute Gasteiger partial charge is 0.468 e. The summed E-state index contributed by atoms with van der Waals surface area (Å²) in [5.74, 6) is -1.81. The Labute approximate surface area is 141 Å². The van der Waals surface area contributed by atoms with Crippen molar-refractivity contribution in [3.8, 4) is 0 Å². The van der Waals surface area contributed by atoms with E-state index in [1.807, 2.05) is 0 Å². The predicted molar refractivity (Wildman–Crippen MR) is 89.2 cm³/mol. The number of carbonyl (C=O) groups is 1. The first-order valence-corrected chi connectivity index (χ1v) is 7.45. The van der Waals surface area contributed by atoms with Gasteiger partial charge in [0.1, 0.15) is 11.7 Å². The zero-order chi connectivity index (χ0) is 17.4. The molecule has 0 bridgehead atoms. The van der Waals surface area contributed by atoms with Gasteiger partial charge in [-0.3, -0.25) is 19.6 Å². The highest BCUT2D eigenvalue weighted by Gasteiger charge is 2.41. The van der Waals surface area contributed by atoms with Crippen LogP contribution < -0.4 is 16.6 Å². The first-order chi connectivity index (χ1) is 11.4. The highest BCUT2D eigenvalue weighted by molar-refractivity contribution is 6.30. The van der Waals surface area contributed by atoms with Crippen LogP contribution in [0.25, 0.3) is 0 Å². The zero-order valence-corrected chi connectivity index (χ0v) is 13.4. The third-order valence-electron chi connectivity index (χ3n) is 3.97. The van der Waals surface area contributed by atoms with E-state index < -0.39 is 29.1 Å². The van der Waals surface area contributed by atoms with Crippen molar-refractivity contribution in [2.24, 2.45) is 5.92 Å². The normalized spacial score (nSPS) is 19.3. The van der Waals surface area contributed by atoms with Gasteiger partial charge in [0, 0.05) is 16.6 Å². The van der Waals surface area contributed by atoms with Crippen LogP contribution in [0.2, 0.25) is 5.02 Å².